The van der Waals surface area contributed by atoms with Crippen LogP contribution in [-0.2, 0) is 12.0 Å². The molecule has 4 rings (SSSR count). The number of benzene rings is 2. The van der Waals surface area contributed by atoms with E-state index in [1.165, 1.54) is 22.9 Å². The zero-order valence-corrected chi connectivity index (χ0v) is 19.6. The molecule has 0 aliphatic carbocycles. The molecule has 2 aromatic carbocycles. The van der Waals surface area contributed by atoms with E-state index in [1.54, 1.807) is 50.2 Å². The minimum atomic E-state index is -4.96. The van der Waals surface area contributed by atoms with Gasteiger partial charge < -0.3 is 14.8 Å². The number of aromatic hydroxyl groups is 1. The monoisotopic (exact) mass is 489 g/mol. The molecule has 2 N–H and O–H groups in total. The Kier molecular flexibility index (Phi) is 6.16. The number of halogens is 3. The number of hydrogen-bond donors (Lipinski definition) is 3. The smallest absolute Gasteiger partial charge is 0.418 e. The lowest BCUT2D eigenvalue weighted by Crippen LogP contribution is -2.52. The molecule has 1 aliphatic rings. The molecule has 4 nitrogen and oxygen atoms in total. The van der Waals surface area contributed by atoms with E-state index in [9.17, 15) is 28.2 Å². The predicted molar refractivity (Wildman–Crippen MR) is 130 cm³/mol. The van der Waals surface area contributed by atoms with Crippen molar-refractivity contribution in [2.24, 2.45) is 0 Å². The van der Waals surface area contributed by atoms with Crippen molar-refractivity contribution in [2.45, 2.75) is 48.9 Å². The molecular weight excluding hydrogens is 463 g/mol. The van der Waals surface area contributed by atoms with Crippen molar-refractivity contribution in [2.75, 3.05) is 0 Å². The Morgan fingerprint density at radius 3 is 2.35 bits per heavy atom. The first-order valence-electron chi connectivity index (χ1n) is 10.8. The molecule has 0 radical (unpaired) electrons. The van der Waals surface area contributed by atoms with Crippen molar-refractivity contribution in [3.63, 3.8) is 0 Å². The van der Waals surface area contributed by atoms with Gasteiger partial charge in [0.15, 0.2) is 11.0 Å². The molecule has 1 aromatic heterocycles. The average Bonchev–Trinajstić information content (AvgIpc) is 3.30. The van der Waals surface area contributed by atoms with Crippen LogP contribution in [0.15, 0.2) is 87.4 Å². The van der Waals surface area contributed by atoms with Gasteiger partial charge in [0.25, 0.3) is 0 Å². The highest BCUT2D eigenvalue weighted by Crippen LogP contribution is 2.48. The number of fused-ring (bicyclic) bond motifs is 1. The number of pyridine rings is 1. The molecule has 0 saturated carbocycles. The molecule has 34 heavy (non-hydrogen) atoms. The number of para-hydroxylation sites is 1. The molecular formula is C26H26F3NO3S. The second-order valence-corrected chi connectivity index (χ2v) is 11.1. The van der Waals surface area contributed by atoms with E-state index in [0.717, 1.165) is 4.90 Å². The summed E-state index contributed by atoms with van der Waals surface area (Å²) in [6.45, 7) is 2.37. The van der Waals surface area contributed by atoms with Crippen LogP contribution in [0.25, 0.3) is 10.9 Å². The van der Waals surface area contributed by atoms with Crippen molar-refractivity contribution in [1.82, 2.24) is 4.57 Å². The number of rotatable bonds is 6. The van der Waals surface area contributed by atoms with Gasteiger partial charge in [-0.15, -0.1) is 0 Å². The highest BCUT2D eigenvalue weighted by atomic mass is 32.2. The lowest BCUT2D eigenvalue weighted by molar-refractivity contribution is -0.271. The summed E-state index contributed by atoms with van der Waals surface area (Å²) in [7, 11) is -0.725. The minimum Gasteiger partial charge on any atom is -0.508 e. The molecule has 3 aromatic rings. The lowest BCUT2D eigenvalue weighted by atomic mass is 9.74. The van der Waals surface area contributed by atoms with Crippen molar-refractivity contribution >= 4 is 21.8 Å². The predicted octanol–water partition coefficient (Wildman–Crippen LogP) is 5.77. The number of allylic oxidation sites excluding steroid dienone is 2. The maximum Gasteiger partial charge on any atom is 0.418 e. The first-order valence-corrected chi connectivity index (χ1v) is 12.2. The normalized spacial score (nSPS) is 16.8. The zero-order valence-electron chi connectivity index (χ0n) is 18.8. The fourth-order valence-electron chi connectivity index (χ4n) is 4.49. The van der Waals surface area contributed by atoms with Gasteiger partial charge in [-0.3, -0.25) is 4.79 Å². The summed E-state index contributed by atoms with van der Waals surface area (Å²) in [5.74, 6) is -0.116. The number of thiol groups is 1. The standard InChI is InChI=1S/C26H26F3NO3S/c1-24(2,20-15-18(9-10-23(20)32)34-13-5-6-14-34)16-25(33,26(27,28)29)17-30-12-11-22(31)19-7-3-4-8-21(19)30/h3-15,32-34H,16-17H2,1-2H3. The summed E-state index contributed by atoms with van der Waals surface area (Å²) < 4.78 is 44.3. The second-order valence-electron chi connectivity index (χ2n) is 9.21. The summed E-state index contributed by atoms with van der Waals surface area (Å²) in [5.41, 5.74) is -3.99. The number of phenols is 1. The van der Waals surface area contributed by atoms with E-state index < -0.39 is 41.1 Å². The van der Waals surface area contributed by atoms with Gasteiger partial charge in [-0.2, -0.15) is 24.1 Å². The van der Waals surface area contributed by atoms with E-state index >= 15 is 0 Å². The fourth-order valence-corrected chi connectivity index (χ4v) is 6.02. The van der Waals surface area contributed by atoms with Crippen LogP contribution in [0, 0.1) is 0 Å². The Hall–Kier alpha value is -2.97. The number of aliphatic hydroxyl groups is 1. The van der Waals surface area contributed by atoms with Gasteiger partial charge in [-0.05, 0) is 57.9 Å². The van der Waals surface area contributed by atoms with Crippen LogP contribution in [0.5, 0.6) is 5.75 Å². The molecule has 0 saturated heterocycles. The molecule has 0 fully saturated rings. The SMILES string of the molecule is CC(C)(CC(O)(Cn1ccc(=O)c2ccccc21)C(F)(F)F)c1cc([SH]2C=CC=C2)ccc1O. The van der Waals surface area contributed by atoms with Crippen LogP contribution in [0.3, 0.4) is 0 Å². The highest BCUT2D eigenvalue weighted by molar-refractivity contribution is 8.22. The van der Waals surface area contributed by atoms with Gasteiger partial charge in [-0.1, -0.05) is 38.1 Å². The Balaban J connectivity index is 1.74. The van der Waals surface area contributed by atoms with Crippen LogP contribution < -0.4 is 5.43 Å². The number of nitrogens with zero attached hydrogens (tertiary/aromatic N) is 1. The molecule has 1 atom stereocenters. The highest BCUT2D eigenvalue weighted by Gasteiger charge is 2.56. The van der Waals surface area contributed by atoms with Crippen molar-refractivity contribution in [1.29, 1.82) is 0 Å². The van der Waals surface area contributed by atoms with Crippen LogP contribution in [0.2, 0.25) is 0 Å². The third kappa shape index (κ3) is 4.52. The topological polar surface area (TPSA) is 62.5 Å². The average molecular weight is 490 g/mol. The van der Waals surface area contributed by atoms with Crippen molar-refractivity contribution < 1.29 is 23.4 Å². The molecule has 180 valence electrons. The maximum atomic E-state index is 14.3. The van der Waals surface area contributed by atoms with Gasteiger partial charge >= 0.3 is 6.18 Å². The number of phenolic OH excluding ortho intramolecular Hbond substituents is 1. The quantitative estimate of drug-likeness (QED) is 0.385. The fraction of sp³-hybridized carbons (Fsp3) is 0.269. The number of hydrogen-bond acceptors (Lipinski definition) is 3. The molecule has 0 spiro atoms. The Morgan fingerprint density at radius 1 is 1.00 bits per heavy atom. The molecule has 1 unspecified atom stereocenters. The van der Waals surface area contributed by atoms with Crippen LogP contribution in [0.4, 0.5) is 13.2 Å². The van der Waals surface area contributed by atoms with Gasteiger partial charge in [0.1, 0.15) is 5.75 Å². The largest absolute Gasteiger partial charge is 0.508 e. The first-order chi connectivity index (χ1) is 15.9. The molecule has 0 bridgehead atoms. The van der Waals surface area contributed by atoms with Gasteiger partial charge in [0.05, 0.1) is 12.1 Å². The second kappa shape index (κ2) is 8.67. The summed E-state index contributed by atoms with van der Waals surface area (Å²) in [5, 5.41) is 25.9. The Labute approximate surface area is 198 Å². The van der Waals surface area contributed by atoms with Crippen LogP contribution in [0.1, 0.15) is 25.8 Å². The number of alkyl halides is 3. The lowest BCUT2D eigenvalue weighted by Gasteiger charge is -2.39. The summed E-state index contributed by atoms with van der Waals surface area (Å²) in [6.07, 6.45) is -0.540. The summed E-state index contributed by atoms with van der Waals surface area (Å²) >= 11 is 0. The van der Waals surface area contributed by atoms with Crippen molar-refractivity contribution in [3.05, 3.63) is 93.5 Å². The van der Waals surface area contributed by atoms with Crippen molar-refractivity contribution in [3.8, 4) is 5.75 Å². The third-order valence-corrected chi connectivity index (χ3v) is 8.05. The van der Waals surface area contributed by atoms with E-state index in [-0.39, 0.29) is 16.6 Å². The first kappa shape index (κ1) is 24.2. The summed E-state index contributed by atoms with van der Waals surface area (Å²) in [6, 6.07) is 12.6. The van der Waals surface area contributed by atoms with Gasteiger partial charge in [0.2, 0.25) is 0 Å². The van der Waals surface area contributed by atoms with Crippen LogP contribution >= 0.6 is 10.9 Å². The Morgan fingerprint density at radius 2 is 1.68 bits per heavy atom. The van der Waals surface area contributed by atoms with E-state index in [4.69, 9.17) is 0 Å². The molecule has 8 heteroatoms. The molecule has 0 amide bonds. The molecule has 1 aliphatic heterocycles. The number of aromatic nitrogens is 1. The molecule has 2 heterocycles. The maximum absolute atomic E-state index is 14.3. The van der Waals surface area contributed by atoms with Gasteiger partial charge in [0, 0.05) is 23.2 Å². The van der Waals surface area contributed by atoms with Crippen LogP contribution in [-0.4, -0.2) is 26.6 Å². The van der Waals surface area contributed by atoms with E-state index in [2.05, 4.69) is 0 Å². The van der Waals surface area contributed by atoms with E-state index in [1.807, 2.05) is 23.0 Å². The third-order valence-electron chi connectivity index (χ3n) is 6.19. The zero-order chi connectivity index (χ0) is 24.7. The van der Waals surface area contributed by atoms with Gasteiger partial charge in [-0.25, -0.2) is 0 Å². The minimum absolute atomic E-state index is 0.116. The Bertz CT molecular complexity index is 1330. The summed E-state index contributed by atoms with van der Waals surface area (Å²) in [4.78, 5) is 13.1. The van der Waals surface area contributed by atoms with E-state index in [0.29, 0.717) is 11.1 Å².